The summed E-state index contributed by atoms with van der Waals surface area (Å²) in [6.07, 6.45) is -4.41. The molecule has 13 heavy (non-hydrogen) atoms. The van der Waals surface area contributed by atoms with Crippen molar-refractivity contribution in [1.29, 1.82) is 0 Å². The second kappa shape index (κ2) is 3.43. The molecular weight excluding hydrogens is 207 g/mol. The molecule has 0 radical (unpaired) electrons. The fourth-order valence-corrected chi connectivity index (χ4v) is 0.998. The number of hydrogen-bond donors (Lipinski definition) is 1. The zero-order chi connectivity index (χ0) is 10.1. The molecule has 0 aliphatic heterocycles. The first-order valence-electron chi connectivity index (χ1n) is 3.18. The molecule has 0 amide bonds. The summed E-state index contributed by atoms with van der Waals surface area (Å²) in [5.41, 5.74) is -0.835. The lowest BCUT2D eigenvalue weighted by Crippen LogP contribution is -2.06. The van der Waals surface area contributed by atoms with Crippen LogP contribution in [0.5, 0.6) is 5.75 Å². The third-order valence-corrected chi connectivity index (χ3v) is 1.68. The molecule has 2 nitrogen and oxygen atoms in total. The van der Waals surface area contributed by atoms with Crippen LogP contribution >= 0.6 is 11.6 Å². The average molecular weight is 212 g/mol. The molecule has 0 bridgehead atoms. The number of rotatable bonds is 1. The van der Waals surface area contributed by atoms with E-state index in [2.05, 4.69) is 4.84 Å². The van der Waals surface area contributed by atoms with E-state index in [1.54, 1.807) is 0 Å². The summed E-state index contributed by atoms with van der Waals surface area (Å²) >= 11 is 5.43. The maximum atomic E-state index is 12.1. The summed E-state index contributed by atoms with van der Waals surface area (Å²) < 4.78 is 36.2. The fraction of sp³-hybridized carbons (Fsp3) is 0.143. The Bertz CT molecular complexity index is 313. The third-order valence-electron chi connectivity index (χ3n) is 1.39. The maximum Gasteiger partial charge on any atom is 0.416 e. The second-order valence-electron chi connectivity index (χ2n) is 2.26. The van der Waals surface area contributed by atoms with Gasteiger partial charge in [0.2, 0.25) is 0 Å². The molecule has 6 heteroatoms. The Balaban J connectivity index is 3.10. The minimum absolute atomic E-state index is 0.00895. The summed E-state index contributed by atoms with van der Waals surface area (Å²) in [5, 5.41) is -0.169. The topological polar surface area (TPSA) is 35.2 Å². The number of alkyl halides is 3. The molecule has 72 valence electrons. The lowest BCUT2D eigenvalue weighted by molar-refractivity contribution is -0.137. The molecule has 0 aromatic heterocycles. The first kappa shape index (κ1) is 10.1. The van der Waals surface area contributed by atoms with E-state index in [0.717, 1.165) is 18.2 Å². The summed E-state index contributed by atoms with van der Waals surface area (Å²) in [6.45, 7) is 0. The van der Waals surface area contributed by atoms with Gasteiger partial charge in [0, 0.05) is 0 Å². The van der Waals surface area contributed by atoms with Crippen molar-refractivity contribution in [2.75, 3.05) is 0 Å². The molecule has 0 unspecified atom stereocenters. The van der Waals surface area contributed by atoms with Crippen LogP contribution in [0.15, 0.2) is 18.2 Å². The molecule has 0 fully saturated rings. The standard InChI is InChI=1S/C7H5ClF3NO/c8-5-3-4(7(9,10)11)1-2-6(5)13-12/h1-3H,12H2. The Morgan fingerprint density at radius 3 is 2.31 bits per heavy atom. The molecule has 1 aromatic carbocycles. The van der Waals surface area contributed by atoms with E-state index in [4.69, 9.17) is 17.5 Å². The van der Waals surface area contributed by atoms with Crippen LogP contribution < -0.4 is 10.7 Å². The minimum atomic E-state index is -4.41. The molecule has 0 spiro atoms. The van der Waals surface area contributed by atoms with Crippen LogP contribution in [0.4, 0.5) is 13.2 Å². The first-order chi connectivity index (χ1) is 5.95. The van der Waals surface area contributed by atoms with Gasteiger partial charge in [-0.15, -0.1) is 0 Å². The number of nitrogens with two attached hydrogens (primary N) is 1. The van der Waals surface area contributed by atoms with Gasteiger partial charge in [-0.3, -0.25) is 0 Å². The predicted octanol–water partition coefficient (Wildman–Crippen LogP) is 2.61. The molecule has 0 saturated carbocycles. The van der Waals surface area contributed by atoms with Crippen molar-refractivity contribution >= 4 is 11.6 Å². The number of halogens is 4. The molecular formula is C7H5ClF3NO. The highest BCUT2D eigenvalue weighted by Crippen LogP contribution is 2.34. The van der Waals surface area contributed by atoms with E-state index in [1.807, 2.05) is 0 Å². The summed E-state index contributed by atoms with van der Waals surface area (Å²) in [5.74, 6) is 4.75. The Morgan fingerprint density at radius 1 is 1.31 bits per heavy atom. The summed E-state index contributed by atoms with van der Waals surface area (Å²) in [7, 11) is 0. The van der Waals surface area contributed by atoms with Gasteiger partial charge < -0.3 is 4.84 Å². The fourth-order valence-electron chi connectivity index (χ4n) is 0.773. The van der Waals surface area contributed by atoms with Gasteiger partial charge >= 0.3 is 6.18 Å². The van der Waals surface area contributed by atoms with E-state index in [-0.39, 0.29) is 10.8 Å². The Hall–Kier alpha value is -0.940. The van der Waals surface area contributed by atoms with E-state index in [9.17, 15) is 13.2 Å². The SMILES string of the molecule is NOc1ccc(C(F)(F)F)cc1Cl. The van der Waals surface area contributed by atoms with Crippen LogP contribution in [0, 0.1) is 0 Å². The van der Waals surface area contributed by atoms with Gasteiger partial charge in [0.1, 0.15) is 0 Å². The van der Waals surface area contributed by atoms with Crippen LogP contribution in [-0.2, 0) is 6.18 Å². The van der Waals surface area contributed by atoms with E-state index in [0.29, 0.717) is 0 Å². The number of hydrogen-bond acceptors (Lipinski definition) is 2. The van der Waals surface area contributed by atoms with E-state index in [1.165, 1.54) is 0 Å². The van der Waals surface area contributed by atoms with E-state index >= 15 is 0 Å². The predicted molar refractivity (Wildman–Crippen MR) is 41.3 cm³/mol. The largest absolute Gasteiger partial charge is 0.416 e. The lowest BCUT2D eigenvalue weighted by Gasteiger charge is -2.08. The molecule has 1 aromatic rings. The molecule has 2 N–H and O–H groups in total. The summed E-state index contributed by atoms with van der Waals surface area (Å²) in [4.78, 5) is 4.21. The maximum absolute atomic E-state index is 12.1. The molecule has 0 aliphatic rings. The van der Waals surface area contributed by atoms with Crippen LogP contribution in [0.1, 0.15) is 5.56 Å². The van der Waals surface area contributed by atoms with Gasteiger partial charge in [-0.2, -0.15) is 19.1 Å². The molecule has 0 heterocycles. The van der Waals surface area contributed by atoms with Crippen molar-refractivity contribution in [2.45, 2.75) is 6.18 Å². The van der Waals surface area contributed by atoms with Gasteiger partial charge in [-0.25, -0.2) is 0 Å². The minimum Gasteiger partial charge on any atom is -0.410 e. The van der Waals surface area contributed by atoms with Gasteiger partial charge in [0.05, 0.1) is 10.6 Å². The Kier molecular flexibility index (Phi) is 2.68. The van der Waals surface area contributed by atoms with Gasteiger partial charge in [-0.1, -0.05) is 11.6 Å². The molecule has 0 saturated heterocycles. The lowest BCUT2D eigenvalue weighted by atomic mass is 10.2. The highest BCUT2D eigenvalue weighted by atomic mass is 35.5. The highest BCUT2D eigenvalue weighted by Gasteiger charge is 2.30. The Labute approximate surface area is 77.0 Å². The van der Waals surface area contributed by atoms with Crippen molar-refractivity contribution in [1.82, 2.24) is 0 Å². The zero-order valence-electron chi connectivity index (χ0n) is 6.23. The van der Waals surface area contributed by atoms with Crippen molar-refractivity contribution < 1.29 is 18.0 Å². The smallest absolute Gasteiger partial charge is 0.410 e. The van der Waals surface area contributed by atoms with E-state index < -0.39 is 11.7 Å². The van der Waals surface area contributed by atoms with Crippen molar-refractivity contribution in [3.05, 3.63) is 28.8 Å². The van der Waals surface area contributed by atoms with Crippen molar-refractivity contribution in [3.63, 3.8) is 0 Å². The summed E-state index contributed by atoms with van der Waals surface area (Å²) in [6, 6.07) is 2.66. The second-order valence-corrected chi connectivity index (χ2v) is 2.67. The average Bonchev–Trinajstić information content (AvgIpc) is 2.02. The van der Waals surface area contributed by atoms with Gasteiger partial charge in [0.15, 0.2) is 5.75 Å². The first-order valence-corrected chi connectivity index (χ1v) is 3.56. The van der Waals surface area contributed by atoms with Crippen molar-refractivity contribution in [2.24, 2.45) is 5.90 Å². The van der Waals surface area contributed by atoms with Crippen LogP contribution in [0.25, 0.3) is 0 Å². The zero-order valence-corrected chi connectivity index (χ0v) is 6.99. The van der Waals surface area contributed by atoms with Crippen LogP contribution in [-0.4, -0.2) is 0 Å². The van der Waals surface area contributed by atoms with Crippen molar-refractivity contribution in [3.8, 4) is 5.75 Å². The van der Waals surface area contributed by atoms with Crippen LogP contribution in [0.2, 0.25) is 5.02 Å². The Morgan fingerprint density at radius 2 is 1.92 bits per heavy atom. The van der Waals surface area contributed by atoms with Gasteiger partial charge in [0.25, 0.3) is 0 Å². The molecule has 0 atom stereocenters. The van der Waals surface area contributed by atoms with Crippen LogP contribution in [0.3, 0.4) is 0 Å². The normalized spacial score (nSPS) is 11.5. The quantitative estimate of drug-likeness (QED) is 0.725. The molecule has 0 aliphatic carbocycles. The number of benzene rings is 1. The van der Waals surface area contributed by atoms with Gasteiger partial charge in [-0.05, 0) is 18.2 Å². The molecule has 1 rings (SSSR count). The monoisotopic (exact) mass is 211 g/mol. The highest BCUT2D eigenvalue weighted by molar-refractivity contribution is 6.32. The third kappa shape index (κ3) is 2.26.